The lowest BCUT2D eigenvalue weighted by atomic mass is 9.79. The van der Waals surface area contributed by atoms with Gasteiger partial charge < -0.3 is 14.5 Å². The molecule has 0 spiro atoms. The summed E-state index contributed by atoms with van der Waals surface area (Å²) in [6.07, 6.45) is 5.09. The first-order chi connectivity index (χ1) is 16.4. The molecule has 1 aromatic carbocycles. The summed E-state index contributed by atoms with van der Waals surface area (Å²) in [5.41, 5.74) is 2.95. The molecule has 0 saturated carbocycles. The fourth-order valence-corrected chi connectivity index (χ4v) is 5.99. The summed E-state index contributed by atoms with van der Waals surface area (Å²) in [7, 11) is 3.36. The summed E-state index contributed by atoms with van der Waals surface area (Å²) in [5.74, 6) is 0.545. The van der Waals surface area contributed by atoms with Gasteiger partial charge in [-0.25, -0.2) is 4.79 Å². The van der Waals surface area contributed by atoms with Crippen LogP contribution in [0, 0.1) is 11.8 Å². The first-order valence-electron chi connectivity index (χ1n) is 12.3. The average Bonchev–Trinajstić information content (AvgIpc) is 3.19. The number of likely N-dealkylation sites (tertiary alicyclic amines) is 1. The Kier molecular flexibility index (Phi) is 6.18. The van der Waals surface area contributed by atoms with E-state index in [1.807, 2.05) is 16.6 Å². The summed E-state index contributed by atoms with van der Waals surface area (Å²) in [6.45, 7) is 3.63. The first-order valence-corrected chi connectivity index (χ1v) is 12.3. The predicted octanol–water partition coefficient (Wildman–Crippen LogP) is 2.79. The molecule has 5 rings (SSSR count). The molecule has 0 aliphatic carbocycles. The molecule has 3 aliphatic rings. The van der Waals surface area contributed by atoms with Gasteiger partial charge in [0.15, 0.2) is 0 Å². The highest BCUT2D eigenvalue weighted by atomic mass is 16.5. The van der Waals surface area contributed by atoms with E-state index in [9.17, 15) is 14.4 Å². The van der Waals surface area contributed by atoms with Crippen molar-refractivity contribution >= 4 is 34.5 Å². The molecule has 4 heterocycles. The number of aromatic nitrogens is 2. The number of hydrogen-bond donors (Lipinski definition) is 1. The fraction of sp³-hybridized carbons (Fsp3) is 0.600. The molecule has 9 nitrogen and oxygen atoms in total. The summed E-state index contributed by atoms with van der Waals surface area (Å²) < 4.78 is 6.71. The van der Waals surface area contributed by atoms with Gasteiger partial charge in [0.05, 0.1) is 24.2 Å². The molecule has 182 valence electrons. The predicted molar refractivity (Wildman–Crippen MR) is 127 cm³/mol. The molecule has 9 heteroatoms. The number of aryl methyl sites for hydroxylation is 1. The van der Waals surface area contributed by atoms with Crippen molar-refractivity contribution in [3.63, 3.8) is 0 Å². The molecule has 1 unspecified atom stereocenters. The third-order valence-electron chi connectivity index (χ3n) is 7.98. The van der Waals surface area contributed by atoms with Crippen LogP contribution in [0.2, 0.25) is 0 Å². The number of piperidine rings is 3. The Hall–Kier alpha value is -3.10. The maximum absolute atomic E-state index is 12.4. The van der Waals surface area contributed by atoms with E-state index in [2.05, 4.69) is 33.5 Å². The Labute approximate surface area is 199 Å². The second-order valence-corrected chi connectivity index (χ2v) is 9.83. The standard InChI is InChI=1S/C25H33N5O4/c1-28-21-15-18(3-4-19(21)23(27-28)20-5-6-22(31)26-24(20)32)29-11-7-16(8-12-29)17-9-13-30(14-10-17)25(33)34-2/h3-4,15-17,20H,5-14H2,1-2H3,(H,26,31,32). The Morgan fingerprint density at radius 2 is 1.71 bits per heavy atom. The highest BCUT2D eigenvalue weighted by molar-refractivity contribution is 6.02. The van der Waals surface area contributed by atoms with Crippen molar-refractivity contribution in [1.29, 1.82) is 0 Å². The van der Waals surface area contributed by atoms with Gasteiger partial charge in [0.2, 0.25) is 11.8 Å². The Morgan fingerprint density at radius 1 is 1.03 bits per heavy atom. The largest absolute Gasteiger partial charge is 0.453 e. The Balaban J connectivity index is 1.24. The van der Waals surface area contributed by atoms with Gasteiger partial charge in [-0.2, -0.15) is 5.10 Å². The van der Waals surface area contributed by atoms with Crippen LogP contribution in [-0.4, -0.2) is 65.9 Å². The van der Waals surface area contributed by atoms with Crippen molar-refractivity contribution in [2.45, 2.75) is 44.4 Å². The van der Waals surface area contributed by atoms with Gasteiger partial charge in [0, 0.05) is 50.7 Å². The number of benzene rings is 1. The number of methoxy groups -OCH3 is 1. The number of ether oxygens (including phenoxy) is 1. The average molecular weight is 468 g/mol. The molecule has 0 radical (unpaired) electrons. The topological polar surface area (TPSA) is 96.8 Å². The zero-order chi connectivity index (χ0) is 23.8. The van der Waals surface area contributed by atoms with Crippen molar-refractivity contribution in [2.24, 2.45) is 18.9 Å². The SMILES string of the molecule is COC(=O)N1CCC(C2CCN(c3ccc4c(C5CCC(=O)NC5=O)nn(C)c4c3)CC2)CC1. The van der Waals surface area contributed by atoms with Crippen molar-refractivity contribution in [3.8, 4) is 0 Å². The van der Waals surface area contributed by atoms with Gasteiger partial charge in [0.1, 0.15) is 0 Å². The quantitative estimate of drug-likeness (QED) is 0.698. The van der Waals surface area contributed by atoms with Crippen LogP contribution in [0.4, 0.5) is 10.5 Å². The number of carbonyl (C=O) groups excluding carboxylic acids is 3. The number of hydrogen-bond acceptors (Lipinski definition) is 6. The van der Waals surface area contributed by atoms with Gasteiger partial charge in [-0.05, 0) is 62.1 Å². The zero-order valence-corrected chi connectivity index (χ0v) is 20.0. The molecular weight excluding hydrogens is 434 g/mol. The number of fused-ring (bicyclic) bond motifs is 1. The van der Waals surface area contributed by atoms with Crippen molar-refractivity contribution < 1.29 is 19.1 Å². The third-order valence-corrected chi connectivity index (χ3v) is 7.98. The molecule has 3 saturated heterocycles. The number of anilines is 1. The van der Waals surface area contributed by atoms with Crippen molar-refractivity contribution in [3.05, 3.63) is 23.9 Å². The maximum Gasteiger partial charge on any atom is 0.409 e. The summed E-state index contributed by atoms with van der Waals surface area (Å²) in [5, 5.41) is 8.09. The van der Waals surface area contributed by atoms with E-state index in [0.29, 0.717) is 24.7 Å². The van der Waals surface area contributed by atoms with Crippen LogP contribution in [-0.2, 0) is 21.4 Å². The maximum atomic E-state index is 12.4. The Morgan fingerprint density at radius 3 is 2.35 bits per heavy atom. The minimum Gasteiger partial charge on any atom is -0.453 e. The molecule has 34 heavy (non-hydrogen) atoms. The lowest BCUT2D eigenvalue weighted by Gasteiger charge is -2.40. The lowest BCUT2D eigenvalue weighted by Crippen LogP contribution is -2.42. The summed E-state index contributed by atoms with van der Waals surface area (Å²) >= 11 is 0. The second-order valence-electron chi connectivity index (χ2n) is 9.83. The third kappa shape index (κ3) is 4.23. The molecule has 2 aromatic rings. The number of imide groups is 1. The monoisotopic (exact) mass is 467 g/mol. The van der Waals surface area contributed by atoms with E-state index in [0.717, 1.165) is 68.5 Å². The van der Waals surface area contributed by atoms with E-state index in [1.165, 1.54) is 12.8 Å². The second kappa shape index (κ2) is 9.27. The molecule has 3 aliphatic heterocycles. The van der Waals surface area contributed by atoms with Crippen LogP contribution >= 0.6 is 0 Å². The molecule has 1 aromatic heterocycles. The number of carbonyl (C=O) groups is 3. The van der Waals surface area contributed by atoms with Crippen LogP contribution in [0.5, 0.6) is 0 Å². The highest BCUT2D eigenvalue weighted by Gasteiger charge is 2.33. The summed E-state index contributed by atoms with van der Waals surface area (Å²) in [4.78, 5) is 39.9. The highest BCUT2D eigenvalue weighted by Crippen LogP contribution is 2.36. The number of nitrogens with one attached hydrogen (secondary N) is 1. The fourth-order valence-electron chi connectivity index (χ4n) is 5.99. The molecule has 3 amide bonds. The Bertz CT molecular complexity index is 1100. The van der Waals surface area contributed by atoms with Gasteiger partial charge in [-0.15, -0.1) is 0 Å². The molecule has 1 N–H and O–H groups in total. The smallest absolute Gasteiger partial charge is 0.409 e. The van der Waals surface area contributed by atoms with Crippen molar-refractivity contribution in [2.75, 3.05) is 38.2 Å². The van der Waals surface area contributed by atoms with Gasteiger partial charge >= 0.3 is 6.09 Å². The van der Waals surface area contributed by atoms with E-state index in [-0.39, 0.29) is 23.8 Å². The van der Waals surface area contributed by atoms with Crippen LogP contribution in [0.15, 0.2) is 18.2 Å². The summed E-state index contributed by atoms with van der Waals surface area (Å²) in [6, 6.07) is 6.38. The van der Waals surface area contributed by atoms with Gasteiger partial charge in [0.25, 0.3) is 0 Å². The molecule has 1 atom stereocenters. The van der Waals surface area contributed by atoms with Crippen LogP contribution in [0.1, 0.15) is 50.1 Å². The molecular formula is C25H33N5O4. The van der Waals surface area contributed by atoms with E-state index >= 15 is 0 Å². The van der Waals surface area contributed by atoms with Crippen molar-refractivity contribution in [1.82, 2.24) is 20.0 Å². The zero-order valence-electron chi connectivity index (χ0n) is 20.0. The molecule has 3 fully saturated rings. The minimum atomic E-state index is -0.381. The normalized spacial score (nSPS) is 22.8. The van der Waals surface area contributed by atoms with Crippen LogP contribution in [0.25, 0.3) is 10.9 Å². The first kappa shape index (κ1) is 22.7. The number of rotatable bonds is 3. The van der Waals surface area contributed by atoms with E-state index < -0.39 is 0 Å². The van der Waals surface area contributed by atoms with E-state index in [1.54, 1.807) is 0 Å². The van der Waals surface area contributed by atoms with Gasteiger partial charge in [-0.3, -0.25) is 19.6 Å². The lowest BCUT2D eigenvalue weighted by molar-refractivity contribution is -0.134. The number of nitrogens with zero attached hydrogens (tertiary/aromatic N) is 4. The minimum absolute atomic E-state index is 0.207. The van der Waals surface area contributed by atoms with Gasteiger partial charge in [-0.1, -0.05) is 0 Å². The number of amides is 3. The van der Waals surface area contributed by atoms with Crippen LogP contribution < -0.4 is 10.2 Å². The van der Waals surface area contributed by atoms with Crippen LogP contribution in [0.3, 0.4) is 0 Å². The molecule has 0 bridgehead atoms. The van der Waals surface area contributed by atoms with E-state index in [4.69, 9.17) is 4.74 Å².